The summed E-state index contributed by atoms with van der Waals surface area (Å²) in [4.78, 5) is 0. The van der Waals surface area contributed by atoms with Gasteiger partial charge in [-0.15, -0.1) is 0 Å². The lowest BCUT2D eigenvalue weighted by Gasteiger charge is -2.06. The Morgan fingerprint density at radius 2 is 0.702 bits per heavy atom. The second kappa shape index (κ2) is 13.1. The van der Waals surface area contributed by atoms with Crippen LogP contribution in [-0.4, -0.2) is 29.6 Å². The van der Waals surface area contributed by atoms with Crippen molar-refractivity contribution in [3.05, 3.63) is 109 Å². The first kappa shape index (κ1) is 31.5. The minimum absolute atomic E-state index is 0.214. The Morgan fingerprint density at radius 1 is 0.426 bits per heavy atom. The van der Waals surface area contributed by atoms with Gasteiger partial charge in [-0.2, -0.15) is 0 Å². The lowest BCUT2D eigenvalue weighted by Crippen LogP contribution is -2.43. The summed E-state index contributed by atoms with van der Waals surface area (Å²) in [6.45, 7) is 11.5. The standard InChI is InChI=1S/C39H40N4O4/c1-5-40-34(41(6-2)37(27-11-19-31(45)20-12-27)36(40)26-9-17-30(44)18-10-26)25-35-42(7-3)38(28-13-21-32(46)22-14-28)39(43(35)8-4)29-15-23-33(47)24-16-29/h9-24H,5-8,25H2,1-4H3,(H2-2,44,45,46,47)/p+2. The smallest absolute Gasteiger partial charge is 0.269 e. The van der Waals surface area contributed by atoms with Gasteiger partial charge in [0.25, 0.3) is 11.6 Å². The van der Waals surface area contributed by atoms with E-state index in [1.165, 1.54) is 0 Å². The van der Waals surface area contributed by atoms with E-state index in [0.29, 0.717) is 6.42 Å². The SMILES string of the molecule is CCn1c(-c2ccc(O)cc2)c(-c2ccc(O)cc2)[n+](CC)c1Cc1n(CC)c(-c2ccc(O)cc2)c(-c2ccc(O)cc2)[n+]1CC. The molecule has 6 rings (SSSR count). The highest BCUT2D eigenvalue weighted by Crippen LogP contribution is 2.37. The third-order valence-corrected chi connectivity index (χ3v) is 8.92. The molecule has 0 atom stereocenters. The van der Waals surface area contributed by atoms with E-state index in [-0.39, 0.29) is 23.0 Å². The van der Waals surface area contributed by atoms with E-state index in [9.17, 15) is 20.4 Å². The second-order valence-electron chi connectivity index (χ2n) is 11.6. The van der Waals surface area contributed by atoms with E-state index < -0.39 is 0 Å². The van der Waals surface area contributed by atoms with Crippen molar-refractivity contribution in [3.63, 3.8) is 0 Å². The fourth-order valence-corrected chi connectivity index (χ4v) is 6.85. The minimum Gasteiger partial charge on any atom is -0.508 e. The molecule has 0 saturated carbocycles. The number of hydrogen-bond donors (Lipinski definition) is 4. The van der Waals surface area contributed by atoms with Gasteiger partial charge in [-0.05, 0) is 125 Å². The van der Waals surface area contributed by atoms with Crippen LogP contribution in [0.3, 0.4) is 0 Å². The summed E-state index contributed by atoms with van der Waals surface area (Å²) in [6, 6.07) is 29.4. The highest BCUT2D eigenvalue weighted by atomic mass is 16.3. The molecule has 4 N–H and O–H groups in total. The van der Waals surface area contributed by atoms with Gasteiger partial charge in [0.05, 0.1) is 26.2 Å². The summed E-state index contributed by atoms with van der Waals surface area (Å²) >= 11 is 0. The minimum atomic E-state index is 0.214. The van der Waals surface area contributed by atoms with Crippen LogP contribution in [0.25, 0.3) is 45.0 Å². The van der Waals surface area contributed by atoms with Crippen molar-refractivity contribution in [1.29, 1.82) is 0 Å². The fourth-order valence-electron chi connectivity index (χ4n) is 6.85. The van der Waals surface area contributed by atoms with Gasteiger partial charge in [-0.25, -0.2) is 18.3 Å². The number of aromatic hydroxyl groups is 4. The van der Waals surface area contributed by atoms with Gasteiger partial charge in [0, 0.05) is 22.3 Å². The highest BCUT2D eigenvalue weighted by Gasteiger charge is 2.37. The quantitative estimate of drug-likeness (QED) is 0.122. The first-order valence-corrected chi connectivity index (χ1v) is 16.3. The molecule has 240 valence electrons. The Hall–Kier alpha value is -5.50. The van der Waals surface area contributed by atoms with Crippen molar-refractivity contribution in [1.82, 2.24) is 9.13 Å². The molecular weight excluding hydrogens is 588 g/mol. The van der Waals surface area contributed by atoms with Crippen molar-refractivity contribution >= 4 is 0 Å². The van der Waals surface area contributed by atoms with E-state index in [2.05, 4.69) is 46.0 Å². The van der Waals surface area contributed by atoms with E-state index >= 15 is 0 Å². The third kappa shape index (κ3) is 5.71. The maximum atomic E-state index is 10.1. The molecule has 0 spiro atoms. The van der Waals surface area contributed by atoms with Gasteiger partial charge in [0.2, 0.25) is 0 Å². The number of nitrogens with zero attached hydrogens (tertiary/aromatic N) is 4. The number of imidazole rings is 2. The van der Waals surface area contributed by atoms with Crippen LogP contribution < -0.4 is 9.13 Å². The summed E-state index contributed by atoms with van der Waals surface area (Å²) < 4.78 is 9.47. The van der Waals surface area contributed by atoms with Crippen LogP contribution in [0.5, 0.6) is 23.0 Å². The van der Waals surface area contributed by atoms with Gasteiger partial charge < -0.3 is 20.4 Å². The predicted molar refractivity (Wildman–Crippen MR) is 183 cm³/mol. The number of hydrogen-bond acceptors (Lipinski definition) is 4. The van der Waals surface area contributed by atoms with Gasteiger partial charge in [0.1, 0.15) is 23.0 Å². The van der Waals surface area contributed by atoms with Crippen molar-refractivity contribution in [2.24, 2.45) is 0 Å². The Bertz CT molecular complexity index is 1720. The number of aromatic nitrogens is 4. The maximum Gasteiger partial charge on any atom is 0.269 e. The first-order chi connectivity index (χ1) is 22.8. The molecule has 0 saturated heterocycles. The molecule has 8 heteroatoms. The van der Waals surface area contributed by atoms with Gasteiger partial charge in [-0.1, -0.05) is 0 Å². The number of phenols is 4. The molecule has 0 radical (unpaired) electrons. The Kier molecular flexibility index (Phi) is 8.76. The van der Waals surface area contributed by atoms with Crippen LogP contribution in [-0.2, 0) is 32.6 Å². The molecule has 0 fully saturated rings. The number of benzene rings is 4. The van der Waals surface area contributed by atoms with Crippen molar-refractivity contribution < 1.29 is 29.6 Å². The molecule has 2 heterocycles. The Labute approximate surface area is 275 Å². The monoisotopic (exact) mass is 630 g/mol. The van der Waals surface area contributed by atoms with E-state index in [1.807, 2.05) is 48.5 Å². The lowest BCUT2D eigenvalue weighted by molar-refractivity contribution is -0.702. The molecule has 6 aromatic rings. The zero-order chi connectivity index (χ0) is 33.2. The van der Waals surface area contributed by atoms with Crippen molar-refractivity contribution in [2.75, 3.05) is 0 Å². The van der Waals surface area contributed by atoms with Crippen LogP contribution in [0, 0.1) is 0 Å². The summed E-state index contributed by atoms with van der Waals surface area (Å²) in [5.41, 5.74) is 8.15. The zero-order valence-corrected chi connectivity index (χ0v) is 27.4. The van der Waals surface area contributed by atoms with Crippen LogP contribution >= 0.6 is 0 Å². The Balaban J connectivity index is 1.66. The fraction of sp³-hybridized carbons (Fsp3) is 0.231. The largest absolute Gasteiger partial charge is 0.508 e. The summed E-state index contributed by atoms with van der Waals surface area (Å²) in [5, 5.41) is 40.5. The van der Waals surface area contributed by atoms with Crippen LogP contribution in [0.4, 0.5) is 0 Å². The molecule has 0 aliphatic carbocycles. The van der Waals surface area contributed by atoms with Crippen LogP contribution in [0.1, 0.15) is 39.3 Å². The predicted octanol–water partition coefficient (Wildman–Crippen LogP) is 7.03. The summed E-state index contributed by atoms with van der Waals surface area (Å²) in [6.07, 6.45) is 0.621. The van der Waals surface area contributed by atoms with Gasteiger partial charge >= 0.3 is 0 Å². The van der Waals surface area contributed by atoms with E-state index in [0.717, 1.165) is 82.9 Å². The number of rotatable bonds is 10. The molecule has 0 amide bonds. The van der Waals surface area contributed by atoms with Crippen molar-refractivity contribution in [2.45, 2.75) is 60.3 Å². The Morgan fingerprint density at radius 3 is 0.957 bits per heavy atom. The topological polar surface area (TPSA) is 98.5 Å². The molecule has 0 bridgehead atoms. The molecule has 0 unspecified atom stereocenters. The van der Waals surface area contributed by atoms with E-state index in [4.69, 9.17) is 0 Å². The normalized spacial score (nSPS) is 11.3. The zero-order valence-electron chi connectivity index (χ0n) is 27.4. The summed E-state index contributed by atoms with van der Waals surface area (Å²) in [7, 11) is 0. The molecular formula is C39H42N4O4+2. The van der Waals surface area contributed by atoms with Crippen LogP contribution in [0.2, 0.25) is 0 Å². The molecule has 4 aromatic carbocycles. The van der Waals surface area contributed by atoms with Gasteiger partial charge in [-0.3, -0.25) is 0 Å². The molecule has 2 aromatic heterocycles. The molecule has 0 aliphatic heterocycles. The molecule has 8 nitrogen and oxygen atoms in total. The third-order valence-electron chi connectivity index (χ3n) is 8.92. The summed E-state index contributed by atoms with van der Waals surface area (Å²) in [5.74, 6) is 3.12. The highest BCUT2D eigenvalue weighted by molar-refractivity contribution is 5.79. The number of phenolic OH excluding ortho intramolecular Hbond substituents is 4. The second-order valence-corrected chi connectivity index (χ2v) is 11.6. The van der Waals surface area contributed by atoms with E-state index in [1.54, 1.807) is 48.5 Å². The first-order valence-electron chi connectivity index (χ1n) is 16.3. The molecule has 47 heavy (non-hydrogen) atoms. The molecule has 0 aliphatic rings. The average Bonchev–Trinajstić information content (AvgIpc) is 3.57. The maximum absolute atomic E-state index is 10.1. The average molecular weight is 631 g/mol. The lowest BCUT2D eigenvalue weighted by atomic mass is 10.0. The van der Waals surface area contributed by atoms with Crippen molar-refractivity contribution in [3.8, 4) is 68.0 Å². The van der Waals surface area contributed by atoms with Crippen LogP contribution in [0.15, 0.2) is 97.1 Å². The van der Waals surface area contributed by atoms with Gasteiger partial charge in [0.15, 0.2) is 29.2 Å².